The van der Waals surface area contributed by atoms with E-state index in [1.165, 1.54) is 4.90 Å². The number of imidazole rings is 1. The Morgan fingerprint density at radius 1 is 0.800 bits per heavy atom. The fraction of sp³-hybridized carbons (Fsp3) is 0.185. The summed E-state index contributed by atoms with van der Waals surface area (Å²) in [7, 11) is 5.84. The predicted octanol–water partition coefficient (Wildman–Crippen LogP) is 3.12. The molecule has 3 heterocycles. The van der Waals surface area contributed by atoms with E-state index in [-0.39, 0.29) is 24.3 Å². The van der Waals surface area contributed by atoms with Crippen molar-refractivity contribution in [2.24, 2.45) is 7.05 Å². The van der Waals surface area contributed by atoms with Crippen molar-refractivity contribution in [3.63, 3.8) is 0 Å². The minimum Gasteiger partial charge on any atom is -0.378 e. The molecule has 35 heavy (non-hydrogen) atoms. The molecule has 0 bridgehead atoms. The molecule has 0 N–H and O–H groups in total. The summed E-state index contributed by atoms with van der Waals surface area (Å²) in [6.45, 7) is 0.766. The van der Waals surface area contributed by atoms with Gasteiger partial charge in [0.2, 0.25) is 6.33 Å². The lowest BCUT2D eigenvalue weighted by Crippen LogP contribution is -2.46. The summed E-state index contributed by atoms with van der Waals surface area (Å²) >= 11 is 0. The standard InChI is InChI=1S/C27H24N5O3/c1-28(2)17-4-6-18(7-5-17)32-22-11-10-20-23-19(8-9-21(24(22)23)27(32)35)25(33)31(26(20)34)15-14-30-13-12-29(3)16-30/h4-13,16H,14-15H2,1-3H3/q+1. The number of aryl methyl sites for hydroxylation is 1. The van der Waals surface area contributed by atoms with Gasteiger partial charge in [-0.05, 0) is 48.5 Å². The number of nitrogens with zero attached hydrogens (tertiary/aromatic N) is 5. The van der Waals surface area contributed by atoms with Gasteiger partial charge in [-0.1, -0.05) is 0 Å². The Morgan fingerprint density at radius 2 is 1.43 bits per heavy atom. The van der Waals surface area contributed by atoms with Crippen molar-refractivity contribution in [3.8, 4) is 0 Å². The summed E-state index contributed by atoms with van der Waals surface area (Å²) in [6.07, 6.45) is 5.71. The van der Waals surface area contributed by atoms with E-state index in [0.717, 1.165) is 11.4 Å². The maximum absolute atomic E-state index is 13.4. The SMILES string of the molecule is CN(C)c1ccc(N2C(=O)c3ccc4c5c(ccc2c35)C(=O)N(CC[n+]2ccn(C)c2)C4=O)cc1. The van der Waals surface area contributed by atoms with E-state index in [4.69, 9.17) is 0 Å². The molecule has 0 fully saturated rings. The van der Waals surface area contributed by atoms with Crippen LogP contribution in [0.25, 0.3) is 10.8 Å². The molecule has 8 nitrogen and oxygen atoms in total. The van der Waals surface area contributed by atoms with Gasteiger partial charge in [-0.2, -0.15) is 0 Å². The van der Waals surface area contributed by atoms with Crippen molar-refractivity contribution in [1.29, 1.82) is 0 Å². The van der Waals surface area contributed by atoms with Crippen LogP contribution < -0.4 is 14.4 Å². The first kappa shape index (κ1) is 21.1. The van der Waals surface area contributed by atoms with Crippen molar-refractivity contribution in [2.75, 3.05) is 30.4 Å². The highest BCUT2D eigenvalue weighted by Gasteiger charge is 2.39. The van der Waals surface area contributed by atoms with Crippen LogP contribution in [0.4, 0.5) is 17.1 Å². The van der Waals surface area contributed by atoms with E-state index in [9.17, 15) is 14.4 Å². The first-order chi connectivity index (χ1) is 16.8. The highest BCUT2D eigenvalue weighted by molar-refractivity contribution is 6.35. The van der Waals surface area contributed by atoms with Crippen LogP contribution in [-0.4, -0.2) is 47.8 Å². The molecule has 0 atom stereocenters. The van der Waals surface area contributed by atoms with E-state index >= 15 is 0 Å². The second-order valence-corrected chi connectivity index (χ2v) is 9.17. The zero-order valence-electron chi connectivity index (χ0n) is 19.7. The Labute approximate surface area is 202 Å². The van der Waals surface area contributed by atoms with Crippen molar-refractivity contribution in [3.05, 3.63) is 83.9 Å². The monoisotopic (exact) mass is 466 g/mol. The minimum atomic E-state index is -0.330. The van der Waals surface area contributed by atoms with Gasteiger partial charge in [-0.25, -0.2) is 9.13 Å². The van der Waals surface area contributed by atoms with Gasteiger partial charge in [-0.15, -0.1) is 0 Å². The van der Waals surface area contributed by atoms with Crippen LogP contribution >= 0.6 is 0 Å². The minimum absolute atomic E-state index is 0.163. The zero-order chi connectivity index (χ0) is 24.4. The average Bonchev–Trinajstić information content (AvgIpc) is 3.40. The summed E-state index contributed by atoms with van der Waals surface area (Å²) < 4.78 is 3.84. The first-order valence-electron chi connectivity index (χ1n) is 11.4. The average molecular weight is 467 g/mol. The van der Waals surface area contributed by atoms with Crippen LogP contribution in [-0.2, 0) is 13.6 Å². The number of amides is 3. The number of benzene rings is 3. The molecule has 1 aromatic heterocycles. The molecule has 3 amide bonds. The zero-order valence-corrected chi connectivity index (χ0v) is 19.7. The molecule has 2 aliphatic heterocycles. The normalized spacial score (nSPS) is 14.4. The van der Waals surface area contributed by atoms with Crippen LogP contribution in [0.1, 0.15) is 31.1 Å². The first-order valence-corrected chi connectivity index (χ1v) is 11.4. The molecule has 0 saturated carbocycles. The fourth-order valence-electron chi connectivity index (χ4n) is 5.02. The smallest absolute Gasteiger partial charge is 0.263 e. The molecule has 174 valence electrons. The summed E-state index contributed by atoms with van der Waals surface area (Å²) in [6, 6.07) is 14.7. The number of carbonyl (C=O) groups is 3. The van der Waals surface area contributed by atoms with E-state index in [2.05, 4.69) is 0 Å². The van der Waals surface area contributed by atoms with Gasteiger partial charge < -0.3 is 4.90 Å². The second kappa shape index (κ2) is 7.53. The summed E-state index contributed by atoms with van der Waals surface area (Å²) in [5.74, 6) is -0.822. The van der Waals surface area contributed by atoms with Crippen LogP contribution in [0, 0.1) is 0 Å². The predicted molar refractivity (Wildman–Crippen MR) is 132 cm³/mol. The number of aromatic nitrogens is 2. The van der Waals surface area contributed by atoms with Crippen molar-refractivity contribution in [2.45, 2.75) is 6.54 Å². The summed E-state index contributed by atoms with van der Waals surface area (Å²) in [5, 5.41) is 1.24. The topological polar surface area (TPSA) is 69.7 Å². The Hall–Kier alpha value is -4.46. The fourth-order valence-corrected chi connectivity index (χ4v) is 5.02. The molecule has 0 aliphatic carbocycles. The third kappa shape index (κ3) is 3.06. The molecular formula is C27H24N5O3+. The second-order valence-electron chi connectivity index (χ2n) is 9.17. The molecule has 0 unspecified atom stereocenters. The summed E-state index contributed by atoms with van der Waals surface area (Å²) in [5.41, 5.74) is 3.87. The van der Waals surface area contributed by atoms with Gasteiger partial charge in [0.1, 0.15) is 18.9 Å². The highest BCUT2D eigenvalue weighted by atomic mass is 16.2. The van der Waals surface area contributed by atoms with Crippen molar-refractivity contribution in [1.82, 2.24) is 9.47 Å². The quantitative estimate of drug-likeness (QED) is 0.335. The van der Waals surface area contributed by atoms with Crippen molar-refractivity contribution < 1.29 is 19.0 Å². The largest absolute Gasteiger partial charge is 0.378 e. The van der Waals surface area contributed by atoms with Gasteiger partial charge in [0.25, 0.3) is 17.7 Å². The van der Waals surface area contributed by atoms with Gasteiger partial charge >= 0.3 is 0 Å². The number of hydrogen-bond acceptors (Lipinski definition) is 4. The molecular weight excluding hydrogens is 442 g/mol. The molecule has 6 rings (SSSR count). The third-order valence-corrected chi connectivity index (χ3v) is 6.79. The van der Waals surface area contributed by atoms with E-state index in [1.54, 1.807) is 23.1 Å². The van der Waals surface area contributed by atoms with Crippen molar-refractivity contribution >= 4 is 45.6 Å². The van der Waals surface area contributed by atoms with E-state index in [1.807, 2.05) is 84.2 Å². The van der Waals surface area contributed by atoms with Crippen LogP contribution in [0.15, 0.2) is 67.3 Å². The van der Waals surface area contributed by atoms with Gasteiger partial charge in [0.05, 0.1) is 24.8 Å². The number of carbonyl (C=O) groups excluding carboxylic acids is 3. The third-order valence-electron chi connectivity index (χ3n) is 6.79. The van der Waals surface area contributed by atoms with Gasteiger partial charge in [0, 0.05) is 47.4 Å². The highest BCUT2D eigenvalue weighted by Crippen LogP contribution is 2.45. The molecule has 4 aromatic rings. The number of anilines is 3. The lowest BCUT2D eigenvalue weighted by atomic mass is 9.91. The summed E-state index contributed by atoms with van der Waals surface area (Å²) in [4.78, 5) is 45.2. The lowest BCUT2D eigenvalue weighted by Gasteiger charge is -2.27. The number of hydrogen-bond donors (Lipinski definition) is 0. The van der Waals surface area contributed by atoms with Crippen LogP contribution in [0.3, 0.4) is 0 Å². The molecule has 2 aliphatic rings. The van der Waals surface area contributed by atoms with Gasteiger partial charge in [-0.3, -0.25) is 24.2 Å². The van der Waals surface area contributed by atoms with Crippen LogP contribution in [0.5, 0.6) is 0 Å². The molecule has 3 aromatic carbocycles. The Balaban J connectivity index is 1.42. The lowest BCUT2D eigenvalue weighted by molar-refractivity contribution is -0.695. The van der Waals surface area contributed by atoms with E-state index < -0.39 is 0 Å². The maximum atomic E-state index is 13.4. The maximum Gasteiger partial charge on any atom is 0.263 e. The molecule has 8 heteroatoms. The Morgan fingerprint density at radius 3 is 2.03 bits per heavy atom. The Kier molecular flexibility index (Phi) is 4.54. The molecule has 0 radical (unpaired) electrons. The number of imide groups is 1. The molecule has 0 spiro atoms. The Bertz CT molecular complexity index is 1530. The molecule has 0 saturated heterocycles. The number of rotatable bonds is 5. The van der Waals surface area contributed by atoms with E-state index in [0.29, 0.717) is 39.7 Å². The van der Waals surface area contributed by atoms with Crippen LogP contribution in [0.2, 0.25) is 0 Å². The van der Waals surface area contributed by atoms with Gasteiger partial charge in [0.15, 0.2) is 0 Å².